The first-order chi connectivity index (χ1) is 16.9. The fraction of sp³-hybridized carbons (Fsp3) is 0.357. The lowest BCUT2D eigenvalue weighted by atomic mass is 9.94. The van der Waals surface area contributed by atoms with Crippen LogP contribution in [0.15, 0.2) is 48.8 Å². The smallest absolute Gasteiger partial charge is 0.256 e. The zero-order valence-electron chi connectivity index (χ0n) is 20.9. The van der Waals surface area contributed by atoms with Crippen molar-refractivity contribution in [2.24, 2.45) is 11.7 Å². The maximum Gasteiger partial charge on any atom is 0.256 e. The van der Waals surface area contributed by atoms with E-state index in [-0.39, 0.29) is 5.91 Å². The Kier molecular flexibility index (Phi) is 7.56. The molecule has 0 spiro atoms. The number of nitrogens with zero attached hydrogens (tertiary/aromatic N) is 2. The standard InChI is InChI=1S/C28H34N4O3/c1-18-9-19(2)11-21(10-18)25-16-30-17-26(27(25)32-7-5-20(15-29)6-8-32)31-28(33)22-12-23(34-3)14-24(13-22)35-4/h9-14,16-17,20H,5-8,15,29H2,1-4H3,(H,31,33). The molecule has 3 aromatic rings. The lowest BCUT2D eigenvalue weighted by Crippen LogP contribution is -2.37. The van der Waals surface area contributed by atoms with E-state index in [0.717, 1.165) is 42.7 Å². The fourth-order valence-corrected chi connectivity index (χ4v) is 4.75. The van der Waals surface area contributed by atoms with Crippen molar-refractivity contribution in [3.8, 4) is 22.6 Å². The minimum absolute atomic E-state index is 0.250. The molecule has 0 atom stereocenters. The van der Waals surface area contributed by atoms with Crippen molar-refractivity contribution in [3.05, 3.63) is 65.5 Å². The number of hydrogen-bond acceptors (Lipinski definition) is 6. The molecule has 2 aromatic carbocycles. The Morgan fingerprint density at radius 3 is 2.20 bits per heavy atom. The number of piperidine rings is 1. The minimum atomic E-state index is -0.250. The maximum atomic E-state index is 13.4. The zero-order valence-corrected chi connectivity index (χ0v) is 20.9. The highest BCUT2D eigenvalue weighted by atomic mass is 16.5. The van der Waals surface area contributed by atoms with Crippen LogP contribution in [0.5, 0.6) is 11.5 Å². The van der Waals surface area contributed by atoms with Crippen LogP contribution in [0.3, 0.4) is 0 Å². The number of nitrogens with one attached hydrogen (secondary N) is 1. The predicted molar refractivity (Wildman–Crippen MR) is 141 cm³/mol. The lowest BCUT2D eigenvalue weighted by Gasteiger charge is -2.35. The molecule has 1 amide bonds. The van der Waals surface area contributed by atoms with E-state index in [2.05, 4.69) is 47.2 Å². The van der Waals surface area contributed by atoms with E-state index in [9.17, 15) is 4.79 Å². The molecule has 1 aliphatic rings. The first-order valence-electron chi connectivity index (χ1n) is 12.0. The van der Waals surface area contributed by atoms with E-state index in [4.69, 9.17) is 15.2 Å². The monoisotopic (exact) mass is 474 g/mol. The van der Waals surface area contributed by atoms with E-state index in [1.165, 1.54) is 11.1 Å². The maximum absolute atomic E-state index is 13.4. The Bertz CT molecular complexity index is 1160. The van der Waals surface area contributed by atoms with Gasteiger partial charge in [0.25, 0.3) is 5.91 Å². The van der Waals surface area contributed by atoms with Gasteiger partial charge in [-0.3, -0.25) is 9.78 Å². The van der Waals surface area contributed by atoms with Gasteiger partial charge in [-0.2, -0.15) is 0 Å². The number of rotatable bonds is 7. The quantitative estimate of drug-likeness (QED) is 0.511. The van der Waals surface area contributed by atoms with Crippen LogP contribution in [0, 0.1) is 19.8 Å². The molecule has 0 bridgehead atoms. The van der Waals surface area contributed by atoms with Gasteiger partial charge in [-0.1, -0.05) is 29.3 Å². The molecule has 7 nitrogen and oxygen atoms in total. The van der Waals surface area contributed by atoms with Crippen molar-refractivity contribution in [2.75, 3.05) is 44.1 Å². The summed E-state index contributed by atoms with van der Waals surface area (Å²) in [6.07, 6.45) is 5.66. The molecule has 4 rings (SSSR count). The molecule has 0 saturated carbocycles. The van der Waals surface area contributed by atoms with Crippen molar-refractivity contribution in [2.45, 2.75) is 26.7 Å². The predicted octanol–water partition coefficient (Wildman–Crippen LogP) is 4.81. The van der Waals surface area contributed by atoms with Crippen LogP contribution in [0.4, 0.5) is 11.4 Å². The van der Waals surface area contributed by atoms with Crippen LogP contribution in [0.1, 0.15) is 34.3 Å². The van der Waals surface area contributed by atoms with Gasteiger partial charge in [0, 0.05) is 36.5 Å². The minimum Gasteiger partial charge on any atom is -0.497 e. The largest absolute Gasteiger partial charge is 0.497 e. The van der Waals surface area contributed by atoms with Crippen LogP contribution >= 0.6 is 0 Å². The third-order valence-electron chi connectivity index (χ3n) is 6.58. The summed E-state index contributed by atoms with van der Waals surface area (Å²) in [4.78, 5) is 20.2. The molecule has 1 fully saturated rings. The average Bonchev–Trinajstić information content (AvgIpc) is 2.87. The molecule has 0 radical (unpaired) electrons. The number of carbonyl (C=O) groups excluding carboxylic acids is 1. The summed E-state index contributed by atoms with van der Waals surface area (Å²) in [7, 11) is 3.13. The summed E-state index contributed by atoms with van der Waals surface area (Å²) in [6.45, 7) is 6.64. The second-order valence-corrected chi connectivity index (χ2v) is 9.18. The number of amides is 1. The first-order valence-corrected chi connectivity index (χ1v) is 12.0. The number of nitrogens with two attached hydrogens (primary N) is 1. The second kappa shape index (κ2) is 10.8. The molecule has 0 unspecified atom stereocenters. The number of carbonyl (C=O) groups is 1. The van der Waals surface area contributed by atoms with Crippen LogP contribution in [0.2, 0.25) is 0 Å². The van der Waals surface area contributed by atoms with Crippen LogP contribution in [-0.4, -0.2) is 44.7 Å². The normalized spacial score (nSPS) is 14.0. The molecule has 3 N–H and O–H groups in total. The topological polar surface area (TPSA) is 89.7 Å². The number of methoxy groups -OCH3 is 2. The zero-order chi connectivity index (χ0) is 24.9. The van der Waals surface area contributed by atoms with Crippen LogP contribution in [-0.2, 0) is 0 Å². The molecular weight excluding hydrogens is 440 g/mol. The molecule has 184 valence electrons. The Morgan fingerprint density at radius 1 is 1.00 bits per heavy atom. The molecule has 1 aliphatic heterocycles. The Morgan fingerprint density at radius 2 is 1.63 bits per heavy atom. The number of pyridine rings is 1. The summed E-state index contributed by atoms with van der Waals surface area (Å²) >= 11 is 0. The molecule has 0 aliphatic carbocycles. The number of anilines is 2. The van der Waals surface area contributed by atoms with Gasteiger partial charge in [0.1, 0.15) is 11.5 Å². The third kappa shape index (κ3) is 5.57. The van der Waals surface area contributed by atoms with Gasteiger partial charge in [0.05, 0.1) is 31.8 Å². The van der Waals surface area contributed by atoms with Crippen molar-refractivity contribution in [1.82, 2.24) is 4.98 Å². The van der Waals surface area contributed by atoms with Gasteiger partial charge < -0.3 is 25.4 Å². The lowest BCUT2D eigenvalue weighted by molar-refractivity contribution is 0.102. The van der Waals surface area contributed by atoms with Gasteiger partial charge in [0.2, 0.25) is 0 Å². The van der Waals surface area contributed by atoms with Crippen molar-refractivity contribution >= 4 is 17.3 Å². The van der Waals surface area contributed by atoms with E-state index in [1.54, 1.807) is 38.6 Å². The molecule has 7 heteroatoms. The number of benzene rings is 2. The summed E-state index contributed by atoms with van der Waals surface area (Å²) in [5, 5.41) is 3.11. The molecule has 2 heterocycles. The fourth-order valence-electron chi connectivity index (χ4n) is 4.75. The van der Waals surface area contributed by atoms with Crippen LogP contribution in [0.25, 0.3) is 11.1 Å². The number of aromatic nitrogens is 1. The van der Waals surface area contributed by atoms with Crippen molar-refractivity contribution in [1.29, 1.82) is 0 Å². The van der Waals surface area contributed by atoms with Gasteiger partial charge in [-0.15, -0.1) is 0 Å². The van der Waals surface area contributed by atoms with Gasteiger partial charge in [-0.25, -0.2) is 0 Å². The van der Waals surface area contributed by atoms with Crippen molar-refractivity contribution < 1.29 is 14.3 Å². The van der Waals surface area contributed by atoms with Gasteiger partial charge in [0.15, 0.2) is 0 Å². The second-order valence-electron chi connectivity index (χ2n) is 9.18. The average molecular weight is 475 g/mol. The highest BCUT2D eigenvalue weighted by Gasteiger charge is 2.25. The Labute approximate surface area is 207 Å². The van der Waals surface area contributed by atoms with E-state index in [1.807, 2.05) is 6.20 Å². The molecule has 35 heavy (non-hydrogen) atoms. The Hall–Kier alpha value is -3.58. The van der Waals surface area contributed by atoms with Crippen LogP contribution < -0.4 is 25.4 Å². The first kappa shape index (κ1) is 24.5. The van der Waals surface area contributed by atoms with Crippen molar-refractivity contribution in [3.63, 3.8) is 0 Å². The number of ether oxygens (including phenoxy) is 2. The molecule has 1 aromatic heterocycles. The molecule has 1 saturated heterocycles. The van der Waals surface area contributed by atoms with E-state index in [0.29, 0.717) is 35.2 Å². The Balaban J connectivity index is 1.76. The van der Waals surface area contributed by atoms with E-state index < -0.39 is 0 Å². The highest BCUT2D eigenvalue weighted by Crippen LogP contribution is 2.39. The van der Waals surface area contributed by atoms with E-state index >= 15 is 0 Å². The summed E-state index contributed by atoms with van der Waals surface area (Å²) in [6, 6.07) is 11.6. The number of hydrogen-bond donors (Lipinski definition) is 2. The summed E-state index contributed by atoms with van der Waals surface area (Å²) in [5.41, 5.74) is 12.5. The summed E-state index contributed by atoms with van der Waals surface area (Å²) < 4.78 is 10.7. The van der Waals surface area contributed by atoms with Gasteiger partial charge >= 0.3 is 0 Å². The SMILES string of the molecule is COc1cc(OC)cc(C(=O)Nc2cncc(-c3cc(C)cc(C)c3)c2N2CCC(CN)CC2)c1. The third-order valence-corrected chi connectivity index (χ3v) is 6.58. The van der Waals surface area contributed by atoms with Gasteiger partial charge in [-0.05, 0) is 56.8 Å². The summed E-state index contributed by atoms with van der Waals surface area (Å²) in [5.74, 6) is 1.39. The molecular formula is C28H34N4O3. The number of aryl methyl sites for hydroxylation is 2. The highest BCUT2D eigenvalue weighted by molar-refractivity contribution is 6.07.